The molecule has 0 atom stereocenters. The van der Waals surface area contributed by atoms with Crippen molar-refractivity contribution in [3.8, 4) is 17.0 Å². The van der Waals surface area contributed by atoms with Crippen LogP contribution in [0.5, 0.6) is 5.75 Å². The second-order valence-electron chi connectivity index (χ2n) is 4.48. The fourth-order valence-corrected chi connectivity index (χ4v) is 2.28. The van der Waals surface area contributed by atoms with Crippen molar-refractivity contribution in [1.82, 2.24) is 14.6 Å². The van der Waals surface area contributed by atoms with Crippen LogP contribution in [0.15, 0.2) is 36.5 Å². The Morgan fingerprint density at radius 2 is 2.09 bits per heavy atom. The van der Waals surface area contributed by atoms with Crippen LogP contribution in [-0.4, -0.2) is 34.8 Å². The lowest BCUT2D eigenvalue weighted by Gasteiger charge is -2.08. The van der Waals surface area contributed by atoms with E-state index in [1.54, 1.807) is 13.2 Å². The summed E-state index contributed by atoms with van der Waals surface area (Å²) < 4.78 is 11.4. The third kappa shape index (κ3) is 2.37. The number of carbonyl (C=O) groups excluding carboxylic acids is 1. The maximum Gasteiger partial charge on any atom is 0.356 e. The Bertz CT molecular complexity index is 860. The highest BCUT2D eigenvalue weighted by atomic mass is 35.5. The highest BCUT2D eigenvalue weighted by Crippen LogP contribution is 2.26. The molecule has 0 saturated heterocycles. The first-order valence-corrected chi connectivity index (χ1v) is 6.79. The molecule has 0 bridgehead atoms. The first-order valence-electron chi connectivity index (χ1n) is 6.41. The van der Waals surface area contributed by atoms with Crippen LogP contribution < -0.4 is 4.74 Å². The fourth-order valence-electron chi connectivity index (χ4n) is 2.12. The average molecular weight is 318 g/mol. The standard InChI is InChI=1S/C15H12ClN3O3/c1-21-10-5-3-4-9(6-10)12-7-13(15(20)22-2)19-14(18-12)11(16)8-17-19/h3-8H,1-2H3. The Morgan fingerprint density at radius 3 is 2.82 bits per heavy atom. The molecule has 0 unspecified atom stereocenters. The van der Waals surface area contributed by atoms with Gasteiger partial charge in [0, 0.05) is 5.56 Å². The lowest BCUT2D eigenvalue weighted by Crippen LogP contribution is -2.10. The van der Waals surface area contributed by atoms with Gasteiger partial charge in [-0.25, -0.2) is 14.3 Å². The Balaban J connectivity index is 2.25. The molecule has 2 heterocycles. The van der Waals surface area contributed by atoms with Gasteiger partial charge in [0.15, 0.2) is 11.3 Å². The minimum atomic E-state index is -0.517. The molecule has 0 aliphatic heterocycles. The van der Waals surface area contributed by atoms with E-state index in [0.717, 1.165) is 5.56 Å². The fraction of sp³-hybridized carbons (Fsp3) is 0.133. The number of fused-ring (bicyclic) bond motifs is 1. The van der Waals surface area contributed by atoms with Crippen molar-refractivity contribution < 1.29 is 14.3 Å². The summed E-state index contributed by atoms with van der Waals surface area (Å²) in [5.41, 5.74) is 2.01. The zero-order valence-corrected chi connectivity index (χ0v) is 12.7. The molecule has 0 radical (unpaired) electrons. The van der Waals surface area contributed by atoms with E-state index in [2.05, 4.69) is 10.1 Å². The highest BCUT2D eigenvalue weighted by molar-refractivity contribution is 6.33. The van der Waals surface area contributed by atoms with Crippen LogP contribution in [0.4, 0.5) is 0 Å². The molecule has 0 saturated carbocycles. The third-order valence-corrected chi connectivity index (χ3v) is 3.46. The number of hydrogen-bond donors (Lipinski definition) is 0. The normalized spacial score (nSPS) is 10.7. The number of aromatic nitrogens is 3. The van der Waals surface area contributed by atoms with Gasteiger partial charge in [0.1, 0.15) is 10.8 Å². The maximum atomic E-state index is 12.0. The van der Waals surface area contributed by atoms with Gasteiger partial charge in [-0.15, -0.1) is 0 Å². The molecule has 0 aliphatic carbocycles. The van der Waals surface area contributed by atoms with E-state index in [1.165, 1.54) is 17.8 Å². The largest absolute Gasteiger partial charge is 0.497 e. The van der Waals surface area contributed by atoms with Crippen molar-refractivity contribution in [3.63, 3.8) is 0 Å². The van der Waals surface area contributed by atoms with E-state index >= 15 is 0 Å². The number of carbonyl (C=O) groups is 1. The molecular formula is C15H12ClN3O3. The smallest absolute Gasteiger partial charge is 0.356 e. The van der Waals surface area contributed by atoms with Gasteiger partial charge in [0.25, 0.3) is 0 Å². The number of esters is 1. The van der Waals surface area contributed by atoms with Crippen molar-refractivity contribution >= 4 is 23.2 Å². The van der Waals surface area contributed by atoms with Crippen LogP contribution in [0.2, 0.25) is 5.02 Å². The minimum absolute atomic E-state index is 0.247. The lowest BCUT2D eigenvalue weighted by molar-refractivity contribution is 0.0590. The quantitative estimate of drug-likeness (QED) is 0.695. The highest BCUT2D eigenvalue weighted by Gasteiger charge is 2.17. The predicted molar refractivity (Wildman–Crippen MR) is 81.3 cm³/mol. The topological polar surface area (TPSA) is 65.7 Å². The number of hydrogen-bond acceptors (Lipinski definition) is 5. The van der Waals surface area contributed by atoms with Crippen LogP contribution in [0, 0.1) is 0 Å². The van der Waals surface area contributed by atoms with Gasteiger partial charge in [-0.3, -0.25) is 0 Å². The van der Waals surface area contributed by atoms with Crippen LogP contribution >= 0.6 is 11.6 Å². The molecule has 3 rings (SSSR count). The molecule has 0 spiro atoms. The summed E-state index contributed by atoms with van der Waals surface area (Å²) in [6.45, 7) is 0. The van der Waals surface area contributed by atoms with Gasteiger partial charge in [-0.2, -0.15) is 5.10 Å². The Labute approximate surface area is 131 Å². The Morgan fingerprint density at radius 1 is 1.27 bits per heavy atom. The first kappa shape index (κ1) is 14.3. The summed E-state index contributed by atoms with van der Waals surface area (Å²) in [5, 5.41) is 4.41. The molecule has 0 amide bonds. The van der Waals surface area contributed by atoms with E-state index < -0.39 is 5.97 Å². The number of rotatable bonds is 3. The molecule has 0 aliphatic rings. The van der Waals surface area contributed by atoms with Crippen molar-refractivity contribution in [2.24, 2.45) is 0 Å². The summed E-state index contributed by atoms with van der Waals surface area (Å²) in [6.07, 6.45) is 1.44. The van der Waals surface area contributed by atoms with Gasteiger partial charge >= 0.3 is 5.97 Å². The van der Waals surface area contributed by atoms with Gasteiger partial charge in [0.2, 0.25) is 0 Å². The van der Waals surface area contributed by atoms with Crippen molar-refractivity contribution in [3.05, 3.63) is 47.2 Å². The number of methoxy groups -OCH3 is 2. The van der Waals surface area contributed by atoms with Gasteiger partial charge in [0.05, 0.1) is 26.1 Å². The molecule has 22 heavy (non-hydrogen) atoms. The zero-order valence-electron chi connectivity index (χ0n) is 11.9. The number of halogens is 1. The van der Waals surface area contributed by atoms with Crippen molar-refractivity contribution in [1.29, 1.82) is 0 Å². The third-order valence-electron chi connectivity index (χ3n) is 3.19. The number of ether oxygens (including phenoxy) is 2. The summed E-state index contributed by atoms with van der Waals surface area (Å²) >= 11 is 6.09. The van der Waals surface area contributed by atoms with Crippen molar-refractivity contribution in [2.75, 3.05) is 14.2 Å². The number of nitrogens with zero attached hydrogens (tertiary/aromatic N) is 3. The second-order valence-corrected chi connectivity index (χ2v) is 4.89. The van der Waals surface area contributed by atoms with Crippen LogP contribution in [0.3, 0.4) is 0 Å². The predicted octanol–water partition coefficient (Wildman–Crippen LogP) is 2.84. The second kappa shape index (κ2) is 5.65. The molecule has 0 N–H and O–H groups in total. The van der Waals surface area contributed by atoms with E-state index in [4.69, 9.17) is 21.1 Å². The molecule has 6 nitrogen and oxygen atoms in total. The SMILES string of the molecule is COC(=O)c1cc(-c2cccc(OC)c2)nc2c(Cl)cnn12. The van der Waals surface area contributed by atoms with E-state index in [1.807, 2.05) is 24.3 Å². The lowest BCUT2D eigenvalue weighted by atomic mass is 10.1. The minimum Gasteiger partial charge on any atom is -0.497 e. The van der Waals surface area contributed by atoms with E-state index in [-0.39, 0.29) is 5.69 Å². The molecule has 1 aromatic carbocycles. The van der Waals surface area contributed by atoms with E-state index in [0.29, 0.717) is 22.1 Å². The van der Waals surface area contributed by atoms with Gasteiger partial charge in [-0.1, -0.05) is 23.7 Å². The van der Waals surface area contributed by atoms with Gasteiger partial charge < -0.3 is 9.47 Å². The molecule has 2 aromatic heterocycles. The summed E-state index contributed by atoms with van der Waals surface area (Å²) in [5.74, 6) is 0.176. The molecule has 0 fully saturated rings. The summed E-state index contributed by atoms with van der Waals surface area (Å²) in [6, 6.07) is 8.97. The summed E-state index contributed by atoms with van der Waals surface area (Å²) in [7, 11) is 2.90. The van der Waals surface area contributed by atoms with Crippen LogP contribution in [0.25, 0.3) is 16.9 Å². The zero-order chi connectivity index (χ0) is 15.7. The van der Waals surface area contributed by atoms with Crippen molar-refractivity contribution in [2.45, 2.75) is 0 Å². The molecule has 3 aromatic rings. The molecular weight excluding hydrogens is 306 g/mol. The maximum absolute atomic E-state index is 12.0. The Hall–Kier alpha value is -2.60. The average Bonchev–Trinajstić information content (AvgIpc) is 2.94. The summed E-state index contributed by atoms with van der Waals surface area (Å²) in [4.78, 5) is 16.4. The van der Waals surface area contributed by atoms with Crippen LogP contribution in [0.1, 0.15) is 10.5 Å². The van der Waals surface area contributed by atoms with E-state index in [9.17, 15) is 4.79 Å². The van der Waals surface area contributed by atoms with Gasteiger partial charge in [-0.05, 0) is 18.2 Å². The monoisotopic (exact) mass is 317 g/mol. The van der Waals surface area contributed by atoms with Crippen LogP contribution in [-0.2, 0) is 4.74 Å². The molecule has 7 heteroatoms. The first-order chi connectivity index (χ1) is 10.6. The number of benzene rings is 1. The Kier molecular flexibility index (Phi) is 3.68. The molecule has 112 valence electrons.